The van der Waals surface area contributed by atoms with E-state index in [1.165, 1.54) is 0 Å². The molecule has 150 valence electrons. The average molecular weight is 396 g/mol. The van der Waals surface area contributed by atoms with E-state index in [1.54, 1.807) is 30.6 Å². The van der Waals surface area contributed by atoms with Gasteiger partial charge in [-0.05, 0) is 41.8 Å². The fourth-order valence-corrected chi connectivity index (χ4v) is 3.24. The van der Waals surface area contributed by atoms with Gasteiger partial charge in [-0.25, -0.2) is 4.79 Å². The zero-order valence-corrected chi connectivity index (χ0v) is 15.6. The Hall–Kier alpha value is -3.62. The second-order valence-corrected chi connectivity index (χ2v) is 6.77. The Balaban J connectivity index is 1.29. The van der Waals surface area contributed by atoms with Crippen LogP contribution in [0.1, 0.15) is 17.5 Å². The molecule has 0 spiro atoms. The fourth-order valence-electron chi connectivity index (χ4n) is 3.24. The standard InChI is InChI=1S/C20H20N4O5/c25-18(22-8-5-13-3-6-21-7-4-13)10-15-19(26)24(20(27)23-15)11-14-1-2-16-17(9-14)29-12-28-16/h1-4,6-7,9,15H,5,8,10-12H2,(H,22,25)(H,23,27)/t15-/m1/s1. The smallest absolute Gasteiger partial charge is 0.325 e. The zero-order valence-electron chi connectivity index (χ0n) is 15.6. The predicted octanol–water partition coefficient (Wildman–Crippen LogP) is 0.980. The number of benzene rings is 1. The van der Waals surface area contributed by atoms with Crippen LogP contribution in [0, 0.1) is 0 Å². The summed E-state index contributed by atoms with van der Waals surface area (Å²) in [7, 11) is 0. The van der Waals surface area contributed by atoms with Crippen molar-refractivity contribution in [1.29, 1.82) is 0 Å². The molecule has 1 aromatic carbocycles. The molecule has 29 heavy (non-hydrogen) atoms. The number of hydrogen-bond acceptors (Lipinski definition) is 6. The number of hydrogen-bond donors (Lipinski definition) is 2. The highest BCUT2D eigenvalue weighted by Gasteiger charge is 2.39. The van der Waals surface area contributed by atoms with E-state index in [0.29, 0.717) is 24.5 Å². The Morgan fingerprint density at radius 3 is 2.76 bits per heavy atom. The molecule has 1 saturated heterocycles. The maximum atomic E-state index is 12.6. The molecular weight excluding hydrogens is 376 g/mol. The number of urea groups is 1. The van der Waals surface area contributed by atoms with Gasteiger partial charge in [-0.3, -0.25) is 19.5 Å². The first-order valence-electron chi connectivity index (χ1n) is 9.26. The molecular formula is C20H20N4O5. The van der Waals surface area contributed by atoms with Crippen LogP contribution in [0.2, 0.25) is 0 Å². The van der Waals surface area contributed by atoms with Crippen molar-refractivity contribution >= 4 is 17.8 Å². The van der Waals surface area contributed by atoms with Crippen LogP contribution in [0.15, 0.2) is 42.7 Å². The molecule has 2 aliphatic rings. The molecule has 1 atom stereocenters. The maximum absolute atomic E-state index is 12.6. The lowest BCUT2D eigenvalue weighted by Gasteiger charge is -2.13. The number of fused-ring (bicyclic) bond motifs is 1. The molecule has 0 bridgehead atoms. The first kappa shape index (κ1) is 18.7. The minimum absolute atomic E-state index is 0.0987. The molecule has 3 heterocycles. The second-order valence-electron chi connectivity index (χ2n) is 6.77. The van der Waals surface area contributed by atoms with Crippen LogP contribution >= 0.6 is 0 Å². The van der Waals surface area contributed by atoms with Crippen molar-refractivity contribution < 1.29 is 23.9 Å². The predicted molar refractivity (Wildman–Crippen MR) is 101 cm³/mol. The van der Waals surface area contributed by atoms with Gasteiger partial charge in [0, 0.05) is 18.9 Å². The minimum Gasteiger partial charge on any atom is -0.454 e. The summed E-state index contributed by atoms with van der Waals surface area (Å²) in [6.07, 6.45) is 3.95. The van der Waals surface area contributed by atoms with Gasteiger partial charge in [-0.1, -0.05) is 6.07 Å². The number of amides is 4. The third-order valence-corrected chi connectivity index (χ3v) is 4.76. The number of nitrogens with zero attached hydrogens (tertiary/aromatic N) is 2. The Morgan fingerprint density at radius 2 is 1.93 bits per heavy atom. The Kier molecular flexibility index (Phi) is 5.28. The minimum atomic E-state index is -0.863. The number of imide groups is 1. The highest BCUT2D eigenvalue weighted by molar-refractivity contribution is 6.05. The van der Waals surface area contributed by atoms with Gasteiger partial charge in [0.05, 0.1) is 13.0 Å². The summed E-state index contributed by atoms with van der Waals surface area (Å²) in [4.78, 5) is 42.0. The summed E-state index contributed by atoms with van der Waals surface area (Å²) < 4.78 is 10.6. The SMILES string of the molecule is O=C(C[C@H]1NC(=O)N(Cc2ccc3c(c2)OCO3)C1=O)NCCc1ccncc1. The van der Waals surface area contributed by atoms with E-state index in [4.69, 9.17) is 9.47 Å². The van der Waals surface area contributed by atoms with Gasteiger partial charge in [-0.2, -0.15) is 0 Å². The van der Waals surface area contributed by atoms with Crippen molar-refractivity contribution in [2.75, 3.05) is 13.3 Å². The van der Waals surface area contributed by atoms with Crippen LogP contribution in [0.25, 0.3) is 0 Å². The lowest BCUT2D eigenvalue weighted by atomic mass is 10.1. The molecule has 9 heteroatoms. The quantitative estimate of drug-likeness (QED) is 0.675. The fraction of sp³-hybridized carbons (Fsp3) is 0.300. The van der Waals surface area contributed by atoms with Gasteiger partial charge in [0.15, 0.2) is 11.5 Å². The molecule has 0 radical (unpaired) electrons. The largest absolute Gasteiger partial charge is 0.454 e. The molecule has 0 saturated carbocycles. The molecule has 9 nitrogen and oxygen atoms in total. The van der Waals surface area contributed by atoms with Gasteiger partial charge in [0.1, 0.15) is 6.04 Å². The second kappa shape index (κ2) is 8.17. The van der Waals surface area contributed by atoms with E-state index < -0.39 is 18.0 Å². The molecule has 0 aliphatic carbocycles. The van der Waals surface area contributed by atoms with Crippen molar-refractivity contribution in [3.63, 3.8) is 0 Å². The Morgan fingerprint density at radius 1 is 1.14 bits per heavy atom. The van der Waals surface area contributed by atoms with E-state index in [0.717, 1.165) is 16.0 Å². The molecule has 2 N–H and O–H groups in total. The zero-order chi connectivity index (χ0) is 20.2. The van der Waals surface area contributed by atoms with Gasteiger partial charge in [0.25, 0.3) is 5.91 Å². The van der Waals surface area contributed by atoms with Crippen LogP contribution in [0.5, 0.6) is 11.5 Å². The van der Waals surface area contributed by atoms with Crippen LogP contribution in [0.3, 0.4) is 0 Å². The van der Waals surface area contributed by atoms with Crippen LogP contribution < -0.4 is 20.1 Å². The number of carbonyl (C=O) groups excluding carboxylic acids is 3. The van der Waals surface area contributed by atoms with Crippen LogP contribution in [-0.4, -0.2) is 47.1 Å². The number of carbonyl (C=O) groups is 3. The topological polar surface area (TPSA) is 110 Å². The van der Waals surface area contributed by atoms with Crippen molar-refractivity contribution in [2.45, 2.75) is 25.4 Å². The van der Waals surface area contributed by atoms with E-state index in [1.807, 2.05) is 12.1 Å². The Labute approximate surface area is 167 Å². The molecule has 2 aromatic rings. The van der Waals surface area contributed by atoms with Gasteiger partial charge in [-0.15, -0.1) is 0 Å². The third-order valence-electron chi connectivity index (χ3n) is 4.76. The first-order valence-corrected chi connectivity index (χ1v) is 9.26. The van der Waals surface area contributed by atoms with Crippen molar-refractivity contribution in [2.24, 2.45) is 0 Å². The van der Waals surface area contributed by atoms with E-state index in [9.17, 15) is 14.4 Å². The molecule has 4 amide bonds. The van der Waals surface area contributed by atoms with Gasteiger partial charge >= 0.3 is 6.03 Å². The molecule has 1 fully saturated rings. The maximum Gasteiger partial charge on any atom is 0.325 e. The number of pyridine rings is 1. The van der Waals surface area contributed by atoms with Gasteiger partial charge in [0.2, 0.25) is 12.7 Å². The van der Waals surface area contributed by atoms with Crippen molar-refractivity contribution in [3.05, 3.63) is 53.9 Å². The molecule has 0 unspecified atom stereocenters. The normalized spacial score (nSPS) is 17.4. The highest BCUT2D eigenvalue weighted by atomic mass is 16.7. The van der Waals surface area contributed by atoms with Crippen molar-refractivity contribution in [1.82, 2.24) is 20.5 Å². The third kappa shape index (κ3) is 4.29. The number of ether oxygens (including phenoxy) is 2. The summed E-state index contributed by atoms with van der Waals surface area (Å²) in [5, 5.41) is 5.35. The van der Waals surface area contributed by atoms with E-state index in [2.05, 4.69) is 15.6 Å². The summed E-state index contributed by atoms with van der Waals surface area (Å²) in [5.41, 5.74) is 1.79. The van der Waals surface area contributed by atoms with Gasteiger partial charge < -0.3 is 20.1 Å². The average Bonchev–Trinajstić information content (AvgIpc) is 3.28. The summed E-state index contributed by atoms with van der Waals surface area (Å²) in [6, 6.07) is 7.63. The Bertz CT molecular complexity index is 934. The lowest BCUT2D eigenvalue weighted by Crippen LogP contribution is -2.37. The van der Waals surface area contributed by atoms with Crippen LogP contribution in [-0.2, 0) is 22.6 Å². The number of nitrogens with one attached hydrogen (secondary N) is 2. The van der Waals surface area contributed by atoms with E-state index in [-0.39, 0.29) is 25.7 Å². The summed E-state index contributed by atoms with van der Waals surface area (Å²) >= 11 is 0. The molecule has 4 rings (SSSR count). The van der Waals surface area contributed by atoms with E-state index >= 15 is 0 Å². The number of rotatable bonds is 7. The van der Waals surface area contributed by atoms with Crippen LogP contribution in [0.4, 0.5) is 4.79 Å². The molecule has 1 aromatic heterocycles. The summed E-state index contributed by atoms with van der Waals surface area (Å²) in [5.74, 6) is 0.506. The van der Waals surface area contributed by atoms with Crippen molar-refractivity contribution in [3.8, 4) is 11.5 Å². The molecule has 2 aliphatic heterocycles. The highest BCUT2D eigenvalue weighted by Crippen LogP contribution is 2.33. The first-order chi connectivity index (χ1) is 14.1. The monoisotopic (exact) mass is 396 g/mol. The lowest BCUT2D eigenvalue weighted by molar-refractivity contribution is -0.131. The summed E-state index contributed by atoms with van der Waals surface area (Å²) in [6.45, 7) is 0.695. The number of aromatic nitrogens is 1.